The van der Waals surface area contributed by atoms with Crippen LogP contribution in [-0.4, -0.2) is 37.0 Å². The highest BCUT2D eigenvalue weighted by Gasteiger charge is 2.21. The Morgan fingerprint density at radius 1 is 1.19 bits per heavy atom. The summed E-state index contributed by atoms with van der Waals surface area (Å²) in [4.78, 5) is 0. The summed E-state index contributed by atoms with van der Waals surface area (Å²) in [6.07, 6.45) is 1.18. The van der Waals surface area contributed by atoms with Gasteiger partial charge in [-0.25, -0.2) is 0 Å². The Bertz CT molecular complexity index is 687. The van der Waals surface area contributed by atoms with E-state index in [-0.39, 0.29) is 0 Å². The van der Waals surface area contributed by atoms with E-state index in [2.05, 4.69) is 49.5 Å². The number of ether oxygens (including phenoxy) is 2. The quantitative estimate of drug-likeness (QED) is 0.761. The highest BCUT2D eigenvalue weighted by atomic mass is 16.5. The van der Waals surface area contributed by atoms with Crippen LogP contribution in [0, 0.1) is 0 Å². The Kier molecular flexibility index (Phi) is 6.53. The lowest BCUT2D eigenvalue weighted by molar-refractivity contribution is 0.0992. The SMILES string of the molecule is CC(C)NCCC(O)COc1ccc2c(c1)OCC(c1ccccc1)C2. The first-order valence-electron chi connectivity index (χ1n) is 9.46. The second-order valence-electron chi connectivity index (χ2n) is 7.25. The molecule has 26 heavy (non-hydrogen) atoms. The average Bonchev–Trinajstić information content (AvgIpc) is 2.66. The molecular weight excluding hydrogens is 326 g/mol. The predicted octanol–water partition coefficient (Wildman–Crippen LogP) is 3.53. The van der Waals surface area contributed by atoms with Gasteiger partial charge in [0, 0.05) is 18.0 Å². The van der Waals surface area contributed by atoms with Gasteiger partial charge in [-0.2, -0.15) is 0 Å². The van der Waals surface area contributed by atoms with E-state index in [9.17, 15) is 5.11 Å². The van der Waals surface area contributed by atoms with Gasteiger partial charge >= 0.3 is 0 Å². The van der Waals surface area contributed by atoms with Crippen molar-refractivity contribution in [1.82, 2.24) is 5.32 Å². The Balaban J connectivity index is 1.52. The minimum Gasteiger partial charge on any atom is -0.493 e. The third-order valence-electron chi connectivity index (χ3n) is 4.69. The van der Waals surface area contributed by atoms with E-state index in [1.165, 1.54) is 11.1 Å². The van der Waals surface area contributed by atoms with Crippen molar-refractivity contribution in [2.45, 2.75) is 44.8 Å². The normalized spacial score (nSPS) is 17.5. The van der Waals surface area contributed by atoms with E-state index < -0.39 is 6.10 Å². The number of aliphatic hydroxyl groups excluding tert-OH is 1. The molecule has 1 aliphatic rings. The Morgan fingerprint density at radius 2 is 2.00 bits per heavy atom. The average molecular weight is 355 g/mol. The predicted molar refractivity (Wildman–Crippen MR) is 104 cm³/mol. The first-order valence-corrected chi connectivity index (χ1v) is 9.46. The van der Waals surface area contributed by atoms with E-state index in [4.69, 9.17) is 9.47 Å². The third-order valence-corrected chi connectivity index (χ3v) is 4.69. The zero-order valence-corrected chi connectivity index (χ0v) is 15.7. The molecule has 0 saturated carbocycles. The number of nitrogens with one attached hydrogen (secondary N) is 1. The molecule has 2 aromatic carbocycles. The number of hydrogen-bond donors (Lipinski definition) is 2. The van der Waals surface area contributed by atoms with E-state index in [0.717, 1.165) is 24.5 Å². The maximum atomic E-state index is 10.0. The van der Waals surface area contributed by atoms with Crippen LogP contribution in [-0.2, 0) is 6.42 Å². The summed E-state index contributed by atoms with van der Waals surface area (Å²) in [6.45, 7) is 5.96. The summed E-state index contributed by atoms with van der Waals surface area (Å²) in [5, 5.41) is 13.3. The number of aliphatic hydroxyl groups is 1. The molecule has 1 aliphatic heterocycles. The topological polar surface area (TPSA) is 50.7 Å². The fourth-order valence-corrected chi connectivity index (χ4v) is 3.20. The summed E-state index contributed by atoms with van der Waals surface area (Å²) in [5.74, 6) is 2.04. The van der Waals surface area contributed by atoms with Crippen molar-refractivity contribution >= 4 is 0 Å². The van der Waals surface area contributed by atoms with Crippen molar-refractivity contribution in [3.63, 3.8) is 0 Å². The van der Waals surface area contributed by atoms with Crippen LogP contribution in [0.2, 0.25) is 0 Å². The van der Waals surface area contributed by atoms with Gasteiger partial charge in [0.25, 0.3) is 0 Å². The molecule has 140 valence electrons. The summed E-state index contributed by atoms with van der Waals surface area (Å²) < 4.78 is 11.7. The lowest BCUT2D eigenvalue weighted by atomic mass is 9.90. The fraction of sp³-hybridized carbons (Fsp3) is 0.455. The van der Waals surface area contributed by atoms with Crippen molar-refractivity contribution in [3.8, 4) is 11.5 Å². The standard InChI is InChI=1S/C22H29NO3/c1-16(2)23-11-10-20(24)15-25-21-9-8-18-12-19(14-26-22(18)13-21)17-6-4-3-5-7-17/h3-9,13,16,19-20,23-24H,10-12,14-15H2,1-2H3. The molecule has 4 heteroatoms. The van der Waals surface area contributed by atoms with Crippen molar-refractivity contribution in [2.24, 2.45) is 0 Å². The number of hydrogen-bond acceptors (Lipinski definition) is 4. The van der Waals surface area contributed by atoms with Crippen LogP contribution in [0.15, 0.2) is 48.5 Å². The van der Waals surface area contributed by atoms with Crippen LogP contribution in [0.5, 0.6) is 11.5 Å². The number of rotatable bonds is 8. The molecule has 2 N–H and O–H groups in total. The van der Waals surface area contributed by atoms with Gasteiger partial charge in [0.1, 0.15) is 18.1 Å². The summed E-state index contributed by atoms with van der Waals surface area (Å²) in [7, 11) is 0. The maximum Gasteiger partial charge on any atom is 0.126 e. The lowest BCUT2D eigenvalue weighted by Crippen LogP contribution is -2.28. The van der Waals surface area contributed by atoms with Crippen molar-refractivity contribution in [2.75, 3.05) is 19.8 Å². The van der Waals surface area contributed by atoms with Gasteiger partial charge in [0.05, 0.1) is 12.7 Å². The Labute approximate surface area is 156 Å². The van der Waals surface area contributed by atoms with Crippen LogP contribution < -0.4 is 14.8 Å². The fourth-order valence-electron chi connectivity index (χ4n) is 3.20. The van der Waals surface area contributed by atoms with Crippen LogP contribution in [0.25, 0.3) is 0 Å². The van der Waals surface area contributed by atoms with Gasteiger partial charge in [-0.1, -0.05) is 50.2 Å². The summed E-state index contributed by atoms with van der Waals surface area (Å²) >= 11 is 0. The smallest absolute Gasteiger partial charge is 0.126 e. The minimum atomic E-state index is -0.472. The molecule has 1 heterocycles. The molecule has 0 fully saturated rings. The van der Waals surface area contributed by atoms with Crippen LogP contribution >= 0.6 is 0 Å². The van der Waals surface area contributed by atoms with Crippen LogP contribution in [0.4, 0.5) is 0 Å². The maximum absolute atomic E-state index is 10.0. The van der Waals surface area contributed by atoms with Gasteiger partial charge < -0.3 is 19.9 Å². The molecule has 0 radical (unpaired) electrons. The van der Waals surface area contributed by atoms with Crippen molar-refractivity contribution in [1.29, 1.82) is 0 Å². The first kappa shape index (κ1) is 18.7. The van der Waals surface area contributed by atoms with Crippen molar-refractivity contribution in [3.05, 3.63) is 59.7 Å². The Hall–Kier alpha value is -2.04. The molecule has 0 aliphatic carbocycles. The van der Waals surface area contributed by atoms with Gasteiger partial charge in [-0.3, -0.25) is 0 Å². The van der Waals surface area contributed by atoms with Gasteiger partial charge in [0.15, 0.2) is 0 Å². The second kappa shape index (κ2) is 9.06. The van der Waals surface area contributed by atoms with E-state index >= 15 is 0 Å². The molecular formula is C22H29NO3. The van der Waals surface area contributed by atoms with Gasteiger partial charge in [-0.05, 0) is 36.6 Å². The second-order valence-corrected chi connectivity index (χ2v) is 7.25. The summed E-state index contributed by atoms with van der Waals surface area (Å²) in [5.41, 5.74) is 2.52. The highest BCUT2D eigenvalue weighted by Crippen LogP contribution is 2.34. The molecule has 2 atom stereocenters. The molecule has 0 aromatic heterocycles. The first-order chi connectivity index (χ1) is 12.6. The molecule has 3 rings (SSSR count). The zero-order chi connectivity index (χ0) is 18.4. The molecule has 0 amide bonds. The molecule has 2 unspecified atom stereocenters. The zero-order valence-electron chi connectivity index (χ0n) is 15.7. The number of fused-ring (bicyclic) bond motifs is 1. The molecule has 0 spiro atoms. The summed E-state index contributed by atoms with van der Waals surface area (Å²) in [6, 6.07) is 16.9. The van der Waals surface area contributed by atoms with Gasteiger partial charge in [-0.15, -0.1) is 0 Å². The van der Waals surface area contributed by atoms with E-state index in [1.54, 1.807) is 0 Å². The highest BCUT2D eigenvalue weighted by molar-refractivity contribution is 5.43. The van der Waals surface area contributed by atoms with Crippen LogP contribution in [0.3, 0.4) is 0 Å². The lowest BCUT2D eigenvalue weighted by Gasteiger charge is -2.26. The minimum absolute atomic E-state index is 0.297. The van der Waals surface area contributed by atoms with E-state index in [0.29, 0.717) is 31.6 Å². The van der Waals surface area contributed by atoms with E-state index in [1.807, 2.05) is 18.2 Å². The molecule has 0 bridgehead atoms. The van der Waals surface area contributed by atoms with Crippen molar-refractivity contribution < 1.29 is 14.6 Å². The third kappa shape index (κ3) is 5.23. The number of benzene rings is 2. The monoisotopic (exact) mass is 355 g/mol. The molecule has 4 nitrogen and oxygen atoms in total. The Morgan fingerprint density at radius 3 is 2.77 bits per heavy atom. The van der Waals surface area contributed by atoms with Crippen LogP contribution in [0.1, 0.15) is 37.3 Å². The molecule has 2 aromatic rings. The largest absolute Gasteiger partial charge is 0.493 e. The molecule has 0 saturated heterocycles. The van der Waals surface area contributed by atoms with Gasteiger partial charge in [0.2, 0.25) is 0 Å².